The molecule has 0 aromatic rings. The van der Waals surface area contributed by atoms with Crippen LogP contribution in [0.3, 0.4) is 0 Å². The molecule has 4 heteroatoms. The molecule has 1 atom stereocenters. The van der Waals surface area contributed by atoms with Crippen molar-refractivity contribution in [2.75, 3.05) is 26.2 Å². The van der Waals surface area contributed by atoms with Gasteiger partial charge in [-0.05, 0) is 18.3 Å². The van der Waals surface area contributed by atoms with Crippen LogP contribution in [0.25, 0.3) is 0 Å². The molecule has 1 heterocycles. The Labute approximate surface area is 89.9 Å². The minimum absolute atomic E-state index is 0.216. The van der Waals surface area contributed by atoms with Gasteiger partial charge in [-0.2, -0.15) is 0 Å². The molecule has 2 rings (SSSR count). The van der Waals surface area contributed by atoms with Crippen LogP contribution in [0.4, 0.5) is 0 Å². The molecule has 0 aromatic heterocycles. The van der Waals surface area contributed by atoms with Crippen molar-refractivity contribution in [3.8, 4) is 0 Å². The lowest BCUT2D eigenvalue weighted by atomic mass is 9.63. The zero-order chi connectivity index (χ0) is 10.9. The molecule has 4 nitrogen and oxygen atoms in total. The highest BCUT2D eigenvalue weighted by molar-refractivity contribution is 5.66. The Bertz CT molecular complexity index is 250. The Morgan fingerprint density at radius 1 is 1.47 bits per heavy atom. The fraction of sp³-hybridized carbons (Fsp3) is 0.909. The fourth-order valence-electron chi connectivity index (χ4n) is 3.02. The van der Waals surface area contributed by atoms with Gasteiger partial charge in [-0.3, -0.25) is 4.79 Å². The molecule has 1 saturated heterocycles. The largest absolute Gasteiger partial charge is 0.481 e. The highest BCUT2D eigenvalue weighted by atomic mass is 16.4. The van der Waals surface area contributed by atoms with E-state index in [4.69, 9.17) is 5.11 Å². The Balaban J connectivity index is 1.87. The zero-order valence-corrected chi connectivity index (χ0v) is 8.98. The molecule has 0 unspecified atom stereocenters. The number of aliphatic hydroxyl groups excluding tert-OH is 1. The number of rotatable bonds is 4. The Morgan fingerprint density at radius 2 is 2.20 bits per heavy atom. The lowest BCUT2D eigenvalue weighted by Gasteiger charge is -2.42. The molecule has 0 radical (unpaired) electrons. The van der Waals surface area contributed by atoms with E-state index in [0.29, 0.717) is 17.9 Å². The second kappa shape index (κ2) is 4.10. The van der Waals surface area contributed by atoms with Crippen LogP contribution in [0.5, 0.6) is 0 Å². The summed E-state index contributed by atoms with van der Waals surface area (Å²) >= 11 is 0. The number of aliphatic hydroxyl groups is 1. The van der Waals surface area contributed by atoms with E-state index < -0.39 is 5.97 Å². The van der Waals surface area contributed by atoms with Crippen molar-refractivity contribution in [1.29, 1.82) is 0 Å². The summed E-state index contributed by atoms with van der Waals surface area (Å²) in [7, 11) is 0. The predicted octanol–water partition coefficient (Wildman–Crippen LogP) is 0.555. The smallest absolute Gasteiger partial charge is 0.304 e. The van der Waals surface area contributed by atoms with Crippen molar-refractivity contribution >= 4 is 5.97 Å². The third kappa shape index (κ3) is 2.01. The molecule has 1 spiro atoms. The van der Waals surface area contributed by atoms with E-state index >= 15 is 0 Å². The number of hydrogen-bond donors (Lipinski definition) is 2. The topological polar surface area (TPSA) is 60.8 Å². The molecule has 0 bridgehead atoms. The lowest BCUT2D eigenvalue weighted by molar-refractivity contribution is -0.137. The molecule has 2 aliphatic rings. The highest BCUT2D eigenvalue weighted by Crippen LogP contribution is 2.51. The van der Waals surface area contributed by atoms with Crippen LogP contribution >= 0.6 is 0 Å². The highest BCUT2D eigenvalue weighted by Gasteiger charge is 2.49. The first kappa shape index (κ1) is 10.9. The Morgan fingerprint density at radius 3 is 2.60 bits per heavy atom. The van der Waals surface area contributed by atoms with Crippen LogP contribution in [0.2, 0.25) is 0 Å². The maximum absolute atomic E-state index is 10.5. The van der Waals surface area contributed by atoms with Crippen molar-refractivity contribution < 1.29 is 15.0 Å². The number of carboxylic acids is 1. The average molecular weight is 213 g/mol. The summed E-state index contributed by atoms with van der Waals surface area (Å²) in [4.78, 5) is 12.7. The molecule has 1 aliphatic carbocycles. The van der Waals surface area contributed by atoms with E-state index in [-0.39, 0.29) is 13.0 Å². The van der Waals surface area contributed by atoms with Crippen LogP contribution in [-0.4, -0.2) is 47.3 Å². The molecule has 1 saturated carbocycles. The van der Waals surface area contributed by atoms with Crippen LogP contribution in [-0.2, 0) is 4.79 Å². The van der Waals surface area contributed by atoms with Gasteiger partial charge in [0.05, 0.1) is 6.42 Å². The minimum Gasteiger partial charge on any atom is -0.481 e. The average Bonchev–Trinajstić information content (AvgIpc) is 2.52. The molecular formula is C11H19NO3. The van der Waals surface area contributed by atoms with E-state index in [1.807, 2.05) is 0 Å². The van der Waals surface area contributed by atoms with E-state index in [0.717, 1.165) is 13.1 Å². The van der Waals surface area contributed by atoms with E-state index in [1.165, 1.54) is 19.3 Å². The summed E-state index contributed by atoms with van der Waals surface area (Å²) in [5.41, 5.74) is 0.327. The minimum atomic E-state index is -0.731. The van der Waals surface area contributed by atoms with Gasteiger partial charge in [0.15, 0.2) is 0 Å². The van der Waals surface area contributed by atoms with Crippen LogP contribution in [0.15, 0.2) is 0 Å². The molecule has 2 fully saturated rings. The number of aliphatic carboxylic acids is 1. The second-order valence-electron chi connectivity index (χ2n) is 4.97. The summed E-state index contributed by atoms with van der Waals surface area (Å²) in [6, 6.07) is 0. The maximum Gasteiger partial charge on any atom is 0.304 e. The van der Waals surface area contributed by atoms with E-state index in [2.05, 4.69) is 4.90 Å². The van der Waals surface area contributed by atoms with Gasteiger partial charge in [0.2, 0.25) is 0 Å². The summed E-state index contributed by atoms with van der Waals surface area (Å²) in [5, 5.41) is 17.9. The molecule has 15 heavy (non-hydrogen) atoms. The molecule has 0 aromatic carbocycles. The van der Waals surface area contributed by atoms with Gasteiger partial charge in [0.25, 0.3) is 0 Å². The summed E-state index contributed by atoms with van der Waals surface area (Å²) in [5.74, 6) is -0.356. The summed E-state index contributed by atoms with van der Waals surface area (Å²) in [6.07, 6.45) is 3.90. The number of carboxylic acid groups (broad SMARTS) is 1. The number of carbonyl (C=O) groups is 1. The first-order valence-electron chi connectivity index (χ1n) is 5.71. The van der Waals surface area contributed by atoms with Crippen LogP contribution < -0.4 is 0 Å². The normalized spacial score (nSPS) is 29.3. The van der Waals surface area contributed by atoms with Crippen LogP contribution in [0.1, 0.15) is 25.7 Å². The van der Waals surface area contributed by atoms with E-state index in [9.17, 15) is 9.90 Å². The lowest BCUT2D eigenvalue weighted by Crippen LogP contribution is -2.39. The standard InChI is InChI=1S/C11H19NO3/c13-7-9-6-12(5-2-10(14)15)8-11(9)3-1-4-11/h9,13H,1-8H2,(H,14,15)/t9-/m0/s1. The van der Waals surface area contributed by atoms with Gasteiger partial charge in [0.1, 0.15) is 0 Å². The van der Waals surface area contributed by atoms with Crippen LogP contribution in [0, 0.1) is 11.3 Å². The van der Waals surface area contributed by atoms with Crippen molar-refractivity contribution in [3.63, 3.8) is 0 Å². The fourth-order valence-corrected chi connectivity index (χ4v) is 3.02. The van der Waals surface area contributed by atoms with Gasteiger partial charge in [-0.1, -0.05) is 6.42 Å². The molecule has 2 N–H and O–H groups in total. The molecule has 0 amide bonds. The zero-order valence-electron chi connectivity index (χ0n) is 8.98. The van der Waals surface area contributed by atoms with E-state index in [1.54, 1.807) is 0 Å². The first-order valence-corrected chi connectivity index (χ1v) is 5.71. The number of likely N-dealkylation sites (tertiary alicyclic amines) is 1. The monoisotopic (exact) mass is 213 g/mol. The predicted molar refractivity (Wildman–Crippen MR) is 55.6 cm³/mol. The van der Waals surface area contributed by atoms with Crippen molar-refractivity contribution in [2.45, 2.75) is 25.7 Å². The van der Waals surface area contributed by atoms with Gasteiger partial charge in [0, 0.05) is 32.2 Å². The maximum atomic E-state index is 10.5. The molecule has 86 valence electrons. The first-order chi connectivity index (χ1) is 7.16. The number of nitrogens with zero attached hydrogens (tertiary/aromatic N) is 1. The van der Waals surface area contributed by atoms with Gasteiger partial charge < -0.3 is 15.1 Å². The molecule has 1 aliphatic heterocycles. The third-order valence-corrected chi connectivity index (χ3v) is 4.09. The van der Waals surface area contributed by atoms with Gasteiger partial charge in [-0.25, -0.2) is 0 Å². The summed E-state index contributed by atoms with van der Waals surface area (Å²) < 4.78 is 0. The Hall–Kier alpha value is -0.610. The second-order valence-corrected chi connectivity index (χ2v) is 4.97. The Kier molecular flexibility index (Phi) is 2.98. The molecular weight excluding hydrogens is 194 g/mol. The number of hydrogen-bond acceptors (Lipinski definition) is 3. The van der Waals surface area contributed by atoms with Crippen molar-refractivity contribution in [3.05, 3.63) is 0 Å². The quantitative estimate of drug-likeness (QED) is 0.716. The van der Waals surface area contributed by atoms with Gasteiger partial charge >= 0.3 is 5.97 Å². The van der Waals surface area contributed by atoms with Gasteiger partial charge in [-0.15, -0.1) is 0 Å². The SMILES string of the molecule is O=C(O)CCN1C[C@@H](CO)C2(CCC2)C1. The third-order valence-electron chi connectivity index (χ3n) is 4.09. The van der Waals surface area contributed by atoms with Crippen molar-refractivity contribution in [2.24, 2.45) is 11.3 Å². The summed E-state index contributed by atoms with van der Waals surface area (Å²) in [6.45, 7) is 2.76. The van der Waals surface area contributed by atoms with Crippen molar-refractivity contribution in [1.82, 2.24) is 4.90 Å².